The number of nitrogens with one attached hydrogen (secondary N) is 1. The van der Waals surface area contributed by atoms with E-state index < -0.39 is 12.0 Å². The topological polar surface area (TPSA) is 130 Å². The molecule has 0 aromatic rings. The lowest BCUT2D eigenvalue weighted by atomic mass is 9.71. The van der Waals surface area contributed by atoms with Crippen LogP contribution in [-0.2, 0) is 19.2 Å². The van der Waals surface area contributed by atoms with Crippen LogP contribution in [0.5, 0.6) is 0 Å². The van der Waals surface area contributed by atoms with Crippen LogP contribution in [0.4, 0.5) is 0 Å². The van der Waals surface area contributed by atoms with Crippen LogP contribution in [0.15, 0.2) is 0 Å². The number of nitrogens with two attached hydrogens (primary N) is 1. The molecule has 0 aromatic carbocycles. The molecule has 8 heteroatoms. The summed E-state index contributed by atoms with van der Waals surface area (Å²) in [6, 6.07) is 0.456. The first kappa shape index (κ1) is 26.8. The molecular formula is C26H43N3O5. The van der Waals surface area contributed by atoms with Gasteiger partial charge in [-0.1, -0.05) is 13.8 Å². The number of imide groups is 1. The van der Waals surface area contributed by atoms with Crippen molar-refractivity contribution in [2.24, 2.45) is 29.4 Å². The van der Waals surface area contributed by atoms with Gasteiger partial charge in [0, 0.05) is 49.7 Å². The number of unbranched alkanes of at least 4 members (excludes halogenated alkanes) is 1. The van der Waals surface area contributed by atoms with Gasteiger partial charge < -0.3 is 16.2 Å². The molecule has 0 aromatic heterocycles. The van der Waals surface area contributed by atoms with Gasteiger partial charge in [0.05, 0.1) is 6.10 Å². The maximum absolute atomic E-state index is 12.6. The maximum Gasteiger partial charge on any atom is 0.229 e. The summed E-state index contributed by atoms with van der Waals surface area (Å²) in [5, 5.41) is 13.8. The highest BCUT2D eigenvalue weighted by atomic mass is 16.3. The standard InChI is InChI=1S/C26H43N3O5/c1-16-11-17(2)26(34)21(12-16)22(30)13-18-14-24(32)29(25(33)15-18)10-4-3-5-23(31)28-20-8-6-19(27)7-9-20/h16-22,30H,3-15,27H2,1-2H3,(H,28,31)/t16-,17?,19?,20?,21?,22+/m0/s1. The summed E-state index contributed by atoms with van der Waals surface area (Å²) in [7, 11) is 0. The number of hydrogen-bond acceptors (Lipinski definition) is 6. The number of rotatable bonds is 9. The highest BCUT2D eigenvalue weighted by Crippen LogP contribution is 2.35. The average molecular weight is 478 g/mol. The first-order chi connectivity index (χ1) is 16.1. The number of carbonyl (C=O) groups is 4. The zero-order chi connectivity index (χ0) is 24.8. The van der Waals surface area contributed by atoms with Crippen molar-refractivity contribution >= 4 is 23.5 Å². The zero-order valence-corrected chi connectivity index (χ0v) is 20.8. The summed E-state index contributed by atoms with van der Waals surface area (Å²) >= 11 is 0. The van der Waals surface area contributed by atoms with E-state index in [2.05, 4.69) is 12.2 Å². The van der Waals surface area contributed by atoms with E-state index in [1.165, 1.54) is 4.90 Å². The lowest BCUT2D eigenvalue weighted by molar-refractivity contribution is -0.150. The van der Waals surface area contributed by atoms with Gasteiger partial charge in [-0.05, 0) is 69.6 Å². The maximum atomic E-state index is 12.6. The number of aliphatic hydroxyl groups is 1. The van der Waals surface area contributed by atoms with Gasteiger partial charge in [-0.2, -0.15) is 0 Å². The fraction of sp³-hybridized carbons (Fsp3) is 0.846. The molecule has 4 N–H and O–H groups in total. The van der Waals surface area contributed by atoms with E-state index in [-0.39, 0.29) is 60.3 Å². The Morgan fingerprint density at radius 1 is 1.06 bits per heavy atom. The lowest BCUT2D eigenvalue weighted by Gasteiger charge is -2.36. The summed E-state index contributed by atoms with van der Waals surface area (Å²) < 4.78 is 0. The molecule has 4 atom stereocenters. The van der Waals surface area contributed by atoms with Crippen LogP contribution < -0.4 is 11.1 Å². The summed E-state index contributed by atoms with van der Waals surface area (Å²) in [6.45, 7) is 4.34. The Morgan fingerprint density at radius 3 is 2.35 bits per heavy atom. The third-order valence-corrected chi connectivity index (χ3v) is 8.00. The molecule has 0 bridgehead atoms. The van der Waals surface area contributed by atoms with E-state index in [0.717, 1.165) is 32.1 Å². The molecule has 8 nitrogen and oxygen atoms in total. The summed E-state index contributed by atoms with van der Waals surface area (Å²) in [5.74, 6) is -0.568. The minimum Gasteiger partial charge on any atom is -0.392 e. The van der Waals surface area contributed by atoms with E-state index in [1.807, 2.05) is 6.92 Å². The Labute approximate surface area is 203 Å². The van der Waals surface area contributed by atoms with Crippen molar-refractivity contribution in [3.63, 3.8) is 0 Å². The van der Waals surface area contributed by atoms with E-state index in [1.54, 1.807) is 0 Å². The van der Waals surface area contributed by atoms with Gasteiger partial charge in [-0.25, -0.2) is 0 Å². The second-order valence-corrected chi connectivity index (χ2v) is 11.1. The van der Waals surface area contributed by atoms with Gasteiger partial charge in [0.25, 0.3) is 0 Å². The van der Waals surface area contributed by atoms with Crippen LogP contribution in [0.1, 0.15) is 90.9 Å². The molecule has 1 saturated heterocycles. The zero-order valence-electron chi connectivity index (χ0n) is 20.8. The molecular weight excluding hydrogens is 434 g/mol. The molecule has 2 aliphatic carbocycles. The number of nitrogens with zero attached hydrogens (tertiary/aromatic N) is 1. The Bertz CT molecular complexity index is 731. The summed E-state index contributed by atoms with van der Waals surface area (Å²) in [5.41, 5.74) is 5.90. The van der Waals surface area contributed by atoms with Crippen molar-refractivity contribution in [3.05, 3.63) is 0 Å². The molecule has 2 unspecified atom stereocenters. The summed E-state index contributed by atoms with van der Waals surface area (Å²) in [4.78, 5) is 51.2. The number of piperidine rings is 1. The fourth-order valence-electron chi connectivity index (χ4n) is 6.04. The number of Topliss-reactive ketones (excluding diaryl/α,β-unsaturated/α-hetero) is 1. The molecule has 192 valence electrons. The molecule has 1 heterocycles. The fourth-order valence-corrected chi connectivity index (χ4v) is 6.04. The first-order valence-corrected chi connectivity index (χ1v) is 13.2. The monoisotopic (exact) mass is 477 g/mol. The van der Waals surface area contributed by atoms with Crippen molar-refractivity contribution in [1.82, 2.24) is 10.2 Å². The largest absolute Gasteiger partial charge is 0.392 e. The number of ketones is 1. The van der Waals surface area contributed by atoms with Gasteiger partial charge in [0.15, 0.2) is 0 Å². The molecule has 3 fully saturated rings. The van der Waals surface area contributed by atoms with Crippen molar-refractivity contribution in [2.75, 3.05) is 6.54 Å². The Hall–Kier alpha value is -1.80. The van der Waals surface area contributed by atoms with Crippen LogP contribution in [0, 0.1) is 23.7 Å². The minimum absolute atomic E-state index is 0.0201. The average Bonchev–Trinajstić information content (AvgIpc) is 2.76. The second-order valence-electron chi connectivity index (χ2n) is 11.1. The van der Waals surface area contributed by atoms with Crippen molar-refractivity contribution in [3.8, 4) is 0 Å². The molecule has 3 aliphatic rings. The molecule has 34 heavy (non-hydrogen) atoms. The predicted molar refractivity (Wildman–Crippen MR) is 128 cm³/mol. The SMILES string of the molecule is CC1C[C@H](C)CC([C@H](O)CC2CC(=O)N(CCCCC(=O)NC3CCC(N)CC3)C(=O)C2)C1=O. The highest BCUT2D eigenvalue weighted by molar-refractivity contribution is 5.97. The van der Waals surface area contributed by atoms with Crippen molar-refractivity contribution < 1.29 is 24.3 Å². The lowest BCUT2D eigenvalue weighted by Crippen LogP contribution is -2.45. The van der Waals surface area contributed by atoms with Gasteiger partial charge in [-0.15, -0.1) is 0 Å². The van der Waals surface area contributed by atoms with Gasteiger partial charge in [-0.3, -0.25) is 24.1 Å². The van der Waals surface area contributed by atoms with Crippen LogP contribution in [-0.4, -0.2) is 58.2 Å². The van der Waals surface area contributed by atoms with Crippen LogP contribution in [0.2, 0.25) is 0 Å². The molecule has 3 amide bonds. The van der Waals surface area contributed by atoms with E-state index in [9.17, 15) is 24.3 Å². The summed E-state index contributed by atoms with van der Waals surface area (Å²) in [6.07, 6.45) is 6.83. The van der Waals surface area contributed by atoms with E-state index >= 15 is 0 Å². The van der Waals surface area contributed by atoms with E-state index in [4.69, 9.17) is 5.73 Å². The second kappa shape index (κ2) is 12.2. The predicted octanol–water partition coefficient (Wildman–Crippen LogP) is 2.31. The van der Waals surface area contributed by atoms with Crippen molar-refractivity contribution in [1.29, 1.82) is 0 Å². The minimum atomic E-state index is -0.798. The van der Waals surface area contributed by atoms with Crippen molar-refractivity contribution in [2.45, 2.75) is 109 Å². The smallest absolute Gasteiger partial charge is 0.229 e. The van der Waals surface area contributed by atoms with Crippen LogP contribution >= 0.6 is 0 Å². The quantitative estimate of drug-likeness (QED) is 0.345. The Balaban J connectivity index is 1.36. The Kier molecular flexibility index (Phi) is 9.65. The third kappa shape index (κ3) is 7.35. The molecule has 0 spiro atoms. The number of likely N-dealkylation sites (tertiary alicyclic amines) is 1. The number of aliphatic hydroxyl groups excluding tert-OH is 1. The normalized spacial score (nSPS) is 32.1. The molecule has 2 saturated carbocycles. The molecule has 3 rings (SSSR count). The van der Waals surface area contributed by atoms with Gasteiger partial charge >= 0.3 is 0 Å². The third-order valence-electron chi connectivity index (χ3n) is 8.00. The van der Waals surface area contributed by atoms with E-state index in [0.29, 0.717) is 44.6 Å². The number of hydrogen-bond donors (Lipinski definition) is 3. The molecule has 0 radical (unpaired) electrons. The van der Waals surface area contributed by atoms with Crippen LogP contribution in [0.3, 0.4) is 0 Å². The van der Waals surface area contributed by atoms with Crippen LogP contribution in [0.25, 0.3) is 0 Å². The first-order valence-electron chi connectivity index (χ1n) is 13.2. The molecule has 1 aliphatic heterocycles. The number of carbonyl (C=O) groups excluding carboxylic acids is 4. The highest BCUT2D eigenvalue weighted by Gasteiger charge is 2.39. The number of amides is 3. The Morgan fingerprint density at radius 2 is 1.71 bits per heavy atom. The van der Waals surface area contributed by atoms with Gasteiger partial charge in [0.1, 0.15) is 5.78 Å². The van der Waals surface area contributed by atoms with Gasteiger partial charge in [0.2, 0.25) is 17.7 Å².